The molecule has 5 heteroatoms. The highest BCUT2D eigenvalue weighted by molar-refractivity contribution is 9.10. The van der Waals surface area contributed by atoms with Crippen LogP contribution in [0, 0.1) is 0 Å². The normalized spacial score (nSPS) is 19.7. The molecule has 1 saturated heterocycles. The molecule has 1 aromatic rings. The van der Waals surface area contributed by atoms with Crippen LogP contribution in [0.4, 0.5) is 0 Å². The van der Waals surface area contributed by atoms with Crippen LogP contribution in [0.3, 0.4) is 0 Å². The van der Waals surface area contributed by atoms with E-state index in [1.54, 1.807) is 18.0 Å². The SMILES string of the molecule is Brc1cccnc1SCCOC[C@@H]1CCCO1. The van der Waals surface area contributed by atoms with Crippen molar-refractivity contribution >= 4 is 27.7 Å². The molecule has 0 saturated carbocycles. The van der Waals surface area contributed by atoms with Gasteiger partial charge >= 0.3 is 0 Å². The van der Waals surface area contributed by atoms with Gasteiger partial charge in [0.05, 0.1) is 19.3 Å². The number of hydrogen-bond acceptors (Lipinski definition) is 4. The van der Waals surface area contributed by atoms with Gasteiger partial charge in [-0.05, 0) is 40.9 Å². The lowest BCUT2D eigenvalue weighted by molar-refractivity contribution is 0.0226. The molecule has 2 heterocycles. The summed E-state index contributed by atoms with van der Waals surface area (Å²) in [7, 11) is 0. The number of rotatable bonds is 6. The minimum atomic E-state index is 0.321. The van der Waals surface area contributed by atoms with E-state index in [1.807, 2.05) is 12.1 Å². The predicted molar refractivity (Wildman–Crippen MR) is 72.5 cm³/mol. The van der Waals surface area contributed by atoms with E-state index in [1.165, 1.54) is 6.42 Å². The molecule has 0 N–H and O–H groups in total. The highest BCUT2D eigenvalue weighted by atomic mass is 79.9. The number of nitrogens with zero attached hydrogens (tertiary/aromatic N) is 1. The zero-order valence-electron chi connectivity index (χ0n) is 9.60. The summed E-state index contributed by atoms with van der Waals surface area (Å²) >= 11 is 5.18. The minimum Gasteiger partial charge on any atom is -0.378 e. The van der Waals surface area contributed by atoms with Crippen LogP contribution < -0.4 is 0 Å². The van der Waals surface area contributed by atoms with Crippen LogP contribution in [0.5, 0.6) is 0 Å². The number of aromatic nitrogens is 1. The molecule has 0 amide bonds. The summed E-state index contributed by atoms with van der Waals surface area (Å²) in [5.41, 5.74) is 0. The van der Waals surface area contributed by atoms with Crippen molar-refractivity contribution in [3.63, 3.8) is 0 Å². The van der Waals surface area contributed by atoms with Gasteiger partial charge in [-0.15, -0.1) is 11.8 Å². The number of pyridine rings is 1. The fourth-order valence-corrected chi connectivity index (χ4v) is 3.00. The maximum Gasteiger partial charge on any atom is 0.110 e. The van der Waals surface area contributed by atoms with E-state index in [-0.39, 0.29) is 0 Å². The Morgan fingerprint density at radius 3 is 3.29 bits per heavy atom. The Hall–Kier alpha value is -0.100. The Labute approximate surface area is 114 Å². The van der Waals surface area contributed by atoms with E-state index < -0.39 is 0 Å². The van der Waals surface area contributed by atoms with Gasteiger partial charge in [0.25, 0.3) is 0 Å². The zero-order chi connectivity index (χ0) is 11.9. The van der Waals surface area contributed by atoms with Crippen LogP contribution in [0.1, 0.15) is 12.8 Å². The molecule has 0 unspecified atom stereocenters. The fraction of sp³-hybridized carbons (Fsp3) is 0.583. The Bertz CT molecular complexity index is 345. The molecule has 0 radical (unpaired) electrons. The van der Waals surface area contributed by atoms with Crippen LogP contribution in [0.25, 0.3) is 0 Å². The van der Waals surface area contributed by atoms with Gasteiger partial charge < -0.3 is 9.47 Å². The first-order valence-corrected chi connectivity index (χ1v) is 7.57. The molecule has 0 spiro atoms. The van der Waals surface area contributed by atoms with Gasteiger partial charge in [0.1, 0.15) is 5.03 Å². The minimum absolute atomic E-state index is 0.321. The Balaban J connectivity index is 1.58. The maximum atomic E-state index is 5.59. The van der Waals surface area contributed by atoms with Crippen molar-refractivity contribution in [3.05, 3.63) is 22.8 Å². The van der Waals surface area contributed by atoms with Gasteiger partial charge in [0.2, 0.25) is 0 Å². The second kappa shape index (κ2) is 7.36. The summed E-state index contributed by atoms with van der Waals surface area (Å²) in [4.78, 5) is 4.29. The van der Waals surface area contributed by atoms with Crippen molar-refractivity contribution in [2.24, 2.45) is 0 Å². The summed E-state index contributed by atoms with van der Waals surface area (Å²) in [6, 6.07) is 3.92. The second-order valence-corrected chi connectivity index (χ2v) is 5.79. The van der Waals surface area contributed by atoms with Crippen LogP contribution in [-0.2, 0) is 9.47 Å². The lowest BCUT2D eigenvalue weighted by atomic mass is 10.2. The summed E-state index contributed by atoms with van der Waals surface area (Å²) in [6.45, 7) is 2.36. The van der Waals surface area contributed by atoms with E-state index in [9.17, 15) is 0 Å². The molecule has 1 aliphatic heterocycles. The van der Waals surface area contributed by atoms with E-state index >= 15 is 0 Å². The summed E-state index contributed by atoms with van der Waals surface area (Å²) in [5, 5.41) is 1.02. The van der Waals surface area contributed by atoms with Gasteiger partial charge in [-0.1, -0.05) is 0 Å². The third-order valence-corrected chi connectivity index (χ3v) is 4.39. The topological polar surface area (TPSA) is 31.4 Å². The summed E-state index contributed by atoms with van der Waals surface area (Å²) in [6.07, 6.45) is 4.43. The third kappa shape index (κ3) is 4.58. The van der Waals surface area contributed by atoms with Gasteiger partial charge in [-0.2, -0.15) is 0 Å². The van der Waals surface area contributed by atoms with E-state index in [0.717, 1.165) is 41.5 Å². The Kier molecular flexibility index (Phi) is 5.77. The van der Waals surface area contributed by atoms with Crippen molar-refractivity contribution in [1.29, 1.82) is 0 Å². The van der Waals surface area contributed by atoms with Crippen molar-refractivity contribution in [3.8, 4) is 0 Å². The number of thioether (sulfide) groups is 1. The Morgan fingerprint density at radius 1 is 1.59 bits per heavy atom. The zero-order valence-corrected chi connectivity index (χ0v) is 12.0. The van der Waals surface area contributed by atoms with Crippen molar-refractivity contribution in [2.45, 2.75) is 24.0 Å². The fourth-order valence-electron chi connectivity index (χ4n) is 1.67. The van der Waals surface area contributed by atoms with Gasteiger partial charge in [-0.25, -0.2) is 4.98 Å². The van der Waals surface area contributed by atoms with Gasteiger partial charge in [0, 0.05) is 23.0 Å². The van der Waals surface area contributed by atoms with Crippen LogP contribution in [0.2, 0.25) is 0 Å². The Morgan fingerprint density at radius 2 is 2.53 bits per heavy atom. The molecule has 2 rings (SSSR count). The number of hydrogen-bond donors (Lipinski definition) is 0. The molecular weight excluding hydrogens is 302 g/mol. The molecule has 1 atom stereocenters. The summed E-state index contributed by atoms with van der Waals surface area (Å²) in [5.74, 6) is 0.919. The molecule has 1 aliphatic rings. The first kappa shape index (κ1) is 13.3. The van der Waals surface area contributed by atoms with Crippen LogP contribution in [0.15, 0.2) is 27.8 Å². The van der Waals surface area contributed by atoms with Crippen molar-refractivity contribution in [1.82, 2.24) is 4.98 Å². The van der Waals surface area contributed by atoms with E-state index in [4.69, 9.17) is 9.47 Å². The van der Waals surface area contributed by atoms with Crippen molar-refractivity contribution < 1.29 is 9.47 Å². The molecule has 0 bridgehead atoms. The highest BCUT2D eigenvalue weighted by Crippen LogP contribution is 2.24. The standard InChI is InChI=1S/C12H16BrNO2S/c13-11-4-1-5-14-12(11)17-8-7-15-9-10-3-2-6-16-10/h1,4-5,10H,2-3,6-9H2/t10-/m0/s1. The first-order chi connectivity index (χ1) is 8.36. The molecule has 17 heavy (non-hydrogen) atoms. The van der Waals surface area contributed by atoms with Gasteiger partial charge in [0.15, 0.2) is 0 Å². The summed E-state index contributed by atoms with van der Waals surface area (Å²) < 4.78 is 12.1. The highest BCUT2D eigenvalue weighted by Gasteiger charge is 2.14. The van der Waals surface area contributed by atoms with Gasteiger partial charge in [-0.3, -0.25) is 0 Å². The molecule has 1 fully saturated rings. The molecular formula is C12H16BrNO2S. The third-order valence-electron chi connectivity index (χ3n) is 2.52. The van der Waals surface area contributed by atoms with E-state index in [2.05, 4.69) is 20.9 Å². The molecule has 3 nitrogen and oxygen atoms in total. The van der Waals surface area contributed by atoms with Crippen molar-refractivity contribution in [2.75, 3.05) is 25.6 Å². The average molecular weight is 318 g/mol. The smallest absolute Gasteiger partial charge is 0.110 e. The lowest BCUT2D eigenvalue weighted by Crippen LogP contribution is -2.15. The van der Waals surface area contributed by atoms with E-state index in [0.29, 0.717) is 6.10 Å². The molecule has 0 aliphatic carbocycles. The molecule has 0 aromatic carbocycles. The number of halogens is 1. The number of ether oxygens (including phenoxy) is 2. The molecule has 1 aromatic heterocycles. The van der Waals surface area contributed by atoms with Crippen LogP contribution >= 0.6 is 27.7 Å². The maximum absolute atomic E-state index is 5.59. The first-order valence-electron chi connectivity index (χ1n) is 5.79. The van der Waals surface area contributed by atoms with Crippen LogP contribution in [-0.4, -0.2) is 36.7 Å². The lowest BCUT2D eigenvalue weighted by Gasteiger charge is -2.09. The molecule has 94 valence electrons. The monoisotopic (exact) mass is 317 g/mol. The average Bonchev–Trinajstić information content (AvgIpc) is 2.84. The quantitative estimate of drug-likeness (QED) is 0.596. The largest absolute Gasteiger partial charge is 0.378 e. The predicted octanol–water partition coefficient (Wildman–Crippen LogP) is 3.13. The second-order valence-electron chi connectivity index (χ2n) is 3.85.